The lowest BCUT2D eigenvalue weighted by Crippen LogP contribution is -1.99. The van der Waals surface area contributed by atoms with E-state index in [2.05, 4.69) is 77.2 Å². The van der Waals surface area contributed by atoms with Crippen LogP contribution < -0.4 is 5.73 Å². The molecule has 0 aliphatic rings. The Kier molecular flexibility index (Phi) is 4.76. The summed E-state index contributed by atoms with van der Waals surface area (Å²) in [4.78, 5) is 0. The van der Waals surface area contributed by atoms with E-state index in [-0.39, 0.29) is 0 Å². The van der Waals surface area contributed by atoms with Gasteiger partial charge in [0.25, 0.3) is 0 Å². The van der Waals surface area contributed by atoms with Gasteiger partial charge in [0.2, 0.25) is 0 Å². The number of hydrogen-bond donors (Lipinski definition) is 1. The molecule has 3 aromatic rings. The van der Waals surface area contributed by atoms with Gasteiger partial charge in [-0.3, -0.25) is 0 Å². The number of hydrogen-bond acceptors (Lipinski definition) is 1. The first-order valence-corrected chi connectivity index (χ1v) is 6.59. The van der Waals surface area contributed by atoms with Gasteiger partial charge in [-0.2, -0.15) is 0 Å². The number of rotatable bonds is 3. The Bertz CT molecular complexity index is 611. The van der Waals surface area contributed by atoms with Crippen molar-refractivity contribution in [2.24, 2.45) is 5.73 Å². The fourth-order valence-corrected chi connectivity index (χ4v) is 2.23. The predicted molar refractivity (Wildman–Crippen MR) is 82.2 cm³/mol. The second kappa shape index (κ2) is 6.76. The zero-order valence-electron chi connectivity index (χ0n) is 11.3. The maximum Gasteiger partial charge on any atom is 0.0480 e. The monoisotopic (exact) mass is 252 g/mol. The zero-order chi connectivity index (χ0) is 13.5. The molecule has 0 aliphatic heterocycles. The van der Waals surface area contributed by atoms with E-state index in [1.54, 1.807) is 0 Å². The first kappa shape index (κ1) is 13.4. The number of nitrogens with two attached hydrogens (primary N) is 1. The predicted octanol–water partition coefficient (Wildman–Crippen LogP) is 3.46. The summed E-state index contributed by atoms with van der Waals surface area (Å²) in [6.45, 7) is 1.04. The maximum absolute atomic E-state index is 4.50. The summed E-state index contributed by atoms with van der Waals surface area (Å²) in [6, 6.07) is 21.3. The lowest BCUT2D eigenvalue weighted by Gasteiger charge is -2.05. The molecule has 0 amide bonds. The normalized spacial score (nSPS) is 10.0. The molecule has 0 saturated heterocycles. The Hall–Kier alpha value is -2.06. The molecule has 98 valence electrons. The van der Waals surface area contributed by atoms with Crippen LogP contribution in [0.2, 0.25) is 0 Å². The first-order chi connectivity index (χ1) is 9.43. The van der Waals surface area contributed by atoms with Gasteiger partial charge in [-0.05, 0) is 36.6 Å². The molecule has 0 aliphatic carbocycles. The summed E-state index contributed by atoms with van der Waals surface area (Å²) in [5, 5.41) is 1.32. The molecule has 1 heterocycles. The molecule has 2 heteroatoms. The van der Waals surface area contributed by atoms with Crippen LogP contribution >= 0.6 is 0 Å². The van der Waals surface area contributed by atoms with Crippen molar-refractivity contribution in [3.8, 4) is 0 Å². The number of benzene rings is 2. The standard InChI is InChI=1S/C16H15N.CH5N/c1-2-6-14(7-3-1)10-12-17-13-11-15-8-4-5-9-16(15)17;1-2/h1-9,11,13H,10,12H2;2H2,1H3. The van der Waals surface area contributed by atoms with E-state index < -0.39 is 0 Å². The Labute approximate surface area is 114 Å². The van der Waals surface area contributed by atoms with Crippen molar-refractivity contribution in [1.82, 2.24) is 4.57 Å². The lowest BCUT2D eigenvalue weighted by atomic mass is 10.1. The number of aromatic nitrogens is 1. The largest absolute Gasteiger partial charge is 0.347 e. The van der Waals surface area contributed by atoms with Gasteiger partial charge in [-0.15, -0.1) is 0 Å². The van der Waals surface area contributed by atoms with E-state index >= 15 is 0 Å². The van der Waals surface area contributed by atoms with Crippen LogP contribution in [-0.4, -0.2) is 11.6 Å². The third-order valence-corrected chi connectivity index (χ3v) is 3.16. The fraction of sp³-hybridized carbons (Fsp3) is 0.176. The molecule has 1 aromatic heterocycles. The van der Waals surface area contributed by atoms with Crippen LogP contribution in [0.5, 0.6) is 0 Å². The Morgan fingerprint density at radius 2 is 1.53 bits per heavy atom. The average molecular weight is 252 g/mol. The molecule has 0 atom stereocenters. The molecule has 0 spiro atoms. The van der Waals surface area contributed by atoms with Crippen molar-refractivity contribution >= 4 is 10.9 Å². The molecule has 2 aromatic carbocycles. The molecular formula is C17H20N2. The smallest absolute Gasteiger partial charge is 0.0480 e. The van der Waals surface area contributed by atoms with E-state index in [0.29, 0.717) is 0 Å². The topological polar surface area (TPSA) is 30.9 Å². The zero-order valence-corrected chi connectivity index (χ0v) is 11.3. The van der Waals surface area contributed by atoms with E-state index in [4.69, 9.17) is 0 Å². The van der Waals surface area contributed by atoms with Crippen LogP contribution in [0.4, 0.5) is 0 Å². The number of aryl methyl sites for hydroxylation is 2. The van der Waals surface area contributed by atoms with Crippen molar-refractivity contribution < 1.29 is 0 Å². The second-order valence-electron chi connectivity index (χ2n) is 4.30. The molecule has 2 nitrogen and oxygen atoms in total. The van der Waals surface area contributed by atoms with Crippen LogP contribution in [0.1, 0.15) is 5.56 Å². The maximum atomic E-state index is 4.50. The summed E-state index contributed by atoms with van der Waals surface area (Å²) >= 11 is 0. The molecule has 0 fully saturated rings. The summed E-state index contributed by atoms with van der Waals surface area (Å²) in [6.07, 6.45) is 3.26. The summed E-state index contributed by atoms with van der Waals surface area (Å²) in [7, 11) is 1.50. The molecule has 19 heavy (non-hydrogen) atoms. The van der Waals surface area contributed by atoms with Gasteiger partial charge in [-0.1, -0.05) is 48.5 Å². The number of fused-ring (bicyclic) bond motifs is 1. The van der Waals surface area contributed by atoms with Crippen LogP contribution in [0, 0.1) is 0 Å². The van der Waals surface area contributed by atoms with Crippen molar-refractivity contribution in [3.63, 3.8) is 0 Å². The number of para-hydroxylation sites is 1. The Morgan fingerprint density at radius 1 is 0.842 bits per heavy atom. The second-order valence-corrected chi connectivity index (χ2v) is 4.30. The SMILES string of the molecule is CN.c1ccc(CCn2ccc3ccccc32)cc1. The highest BCUT2D eigenvalue weighted by Gasteiger charge is 1.99. The van der Waals surface area contributed by atoms with E-state index in [9.17, 15) is 0 Å². The molecule has 0 saturated carbocycles. The molecule has 0 unspecified atom stereocenters. The van der Waals surface area contributed by atoms with Crippen molar-refractivity contribution in [3.05, 3.63) is 72.4 Å². The van der Waals surface area contributed by atoms with Crippen molar-refractivity contribution in [2.45, 2.75) is 13.0 Å². The summed E-state index contributed by atoms with van der Waals surface area (Å²) < 4.78 is 2.32. The van der Waals surface area contributed by atoms with Gasteiger partial charge in [0.15, 0.2) is 0 Å². The lowest BCUT2D eigenvalue weighted by molar-refractivity contribution is 0.723. The van der Waals surface area contributed by atoms with Crippen LogP contribution in [0.3, 0.4) is 0 Å². The molecule has 0 radical (unpaired) electrons. The highest BCUT2D eigenvalue weighted by molar-refractivity contribution is 5.79. The minimum absolute atomic E-state index is 1.04. The molecule has 2 N–H and O–H groups in total. The van der Waals surface area contributed by atoms with E-state index in [0.717, 1.165) is 13.0 Å². The Balaban J connectivity index is 0.000000637. The van der Waals surface area contributed by atoms with Crippen LogP contribution in [0.15, 0.2) is 66.9 Å². The molecular weight excluding hydrogens is 232 g/mol. The van der Waals surface area contributed by atoms with Crippen molar-refractivity contribution in [2.75, 3.05) is 7.05 Å². The average Bonchev–Trinajstić information content (AvgIpc) is 2.92. The molecule has 0 bridgehead atoms. The highest BCUT2D eigenvalue weighted by atomic mass is 14.9. The van der Waals surface area contributed by atoms with E-state index in [1.165, 1.54) is 23.5 Å². The van der Waals surface area contributed by atoms with Crippen LogP contribution in [-0.2, 0) is 13.0 Å². The third-order valence-electron chi connectivity index (χ3n) is 3.16. The molecule has 3 rings (SSSR count). The third kappa shape index (κ3) is 3.24. The number of nitrogens with zero attached hydrogens (tertiary/aromatic N) is 1. The quantitative estimate of drug-likeness (QED) is 0.760. The fourth-order valence-electron chi connectivity index (χ4n) is 2.23. The summed E-state index contributed by atoms with van der Waals surface area (Å²) in [5.41, 5.74) is 7.22. The highest BCUT2D eigenvalue weighted by Crippen LogP contribution is 2.15. The Morgan fingerprint density at radius 3 is 2.32 bits per heavy atom. The van der Waals surface area contributed by atoms with Crippen molar-refractivity contribution in [1.29, 1.82) is 0 Å². The summed E-state index contributed by atoms with van der Waals surface area (Å²) in [5.74, 6) is 0. The minimum Gasteiger partial charge on any atom is -0.347 e. The minimum atomic E-state index is 1.04. The van der Waals surface area contributed by atoms with Crippen LogP contribution in [0.25, 0.3) is 10.9 Å². The van der Waals surface area contributed by atoms with Gasteiger partial charge < -0.3 is 10.3 Å². The van der Waals surface area contributed by atoms with Gasteiger partial charge in [0, 0.05) is 18.3 Å². The van der Waals surface area contributed by atoms with Gasteiger partial charge >= 0.3 is 0 Å². The van der Waals surface area contributed by atoms with Gasteiger partial charge in [-0.25, -0.2) is 0 Å². The van der Waals surface area contributed by atoms with E-state index in [1.807, 2.05) is 0 Å². The first-order valence-electron chi connectivity index (χ1n) is 6.59. The van der Waals surface area contributed by atoms with Gasteiger partial charge in [0.05, 0.1) is 0 Å². The van der Waals surface area contributed by atoms with Gasteiger partial charge in [0.1, 0.15) is 0 Å².